The normalized spacial score (nSPS) is 22.3. The third-order valence-electron chi connectivity index (χ3n) is 0.696. The Morgan fingerprint density at radius 3 is 2.00 bits per heavy atom. The van der Waals surface area contributed by atoms with Crippen LogP contribution in [-0.2, 0) is 19.4 Å². The maximum absolute atomic E-state index is 3.16. The van der Waals surface area contributed by atoms with E-state index in [-0.39, 0.29) is 0 Å². The summed E-state index contributed by atoms with van der Waals surface area (Å²) in [5.74, 6) is 0. The van der Waals surface area contributed by atoms with Crippen LogP contribution in [-0.4, -0.2) is 17.2 Å². The van der Waals surface area contributed by atoms with Crippen molar-refractivity contribution in [1.82, 2.24) is 10.6 Å². The van der Waals surface area contributed by atoms with E-state index in [1.54, 1.807) is 0 Å². The van der Waals surface area contributed by atoms with E-state index >= 15 is 0 Å². The fourth-order valence-electron chi connectivity index (χ4n) is 0.415. The molecule has 2 nitrogen and oxygen atoms in total. The summed E-state index contributed by atoms with van der Waals surface area (Å²) in [6.07, 6.45) is 0. The van der Waals surface area contributed by atoms with E-state index in [9.17, 15) is 0 Å². The van der Waals surface area contributed by atoms with Crippen molar-refractivity contribution in [3.05, 3.63) is 0 Å². The summed E-state index contributed by atoms with van der Waals surface area (Å²) in [6, 6.07) is 0. The summed E-state index contributed by atoms with van der Waals surface area (Å²) in [7, 11) is 0. The van der Waals surface area contributed by atoms with Gasteiger partial charge < -0.3 is 0 Å². The van der Waals surface area contributed by atoms with Gasteiger partial charge in [0.2, 0.25) is 0 Å². The second kappa shape index (κ2) is 1.96. The molecule has 0 aromatic rings. The first-order valence-corrected chi connectivity index (χ1v) is 3.38. The van der Waals surface area contributed by atoms with Crippen LogP contribution in [0.25, 0.3) is 0 Å². The van der Waals surface area contributed by atoms with Crippen molar-refractivity contribution >= 4 is 4.15 Å². The molecule has 0 atom stereocenters. The Morgan fingerprint density at radius 1 is 1.33 bits per heavy atom. The molecule has 1 aliphatic heterocycles. The van der Waals surface area contributed by atoms with Crippen molar-refractivity contribution in [2.75, 3.05) is 13.1 Å². The van der Waals surface area contributed by atoms with Gasteiger partial charge in [0.15, 0.2) is 0 Å². The van der Waals surface area contributed by atoms with Crippen LogP contribution in [0.15, 0.2) is 0 Å². The summed E-state index contributed by atoms with van der Waals surface area (Å²) in [6.45, 7) is 2.22. The molecule has 3 heteroatoms. The van der Waals surface area contributed by atoms with Crippen LogP contribution in [0.4, 0.5) is 0 Å². The first kappa shape index (κ1) is 4.63. The molecule has 0 aliphatic carbocycles. The minimum absolute atomic E-state index is 1.11. The van der Waals surface area contributed by atoms with Crippen LogP contribution < -0.4 is 10.6 Å². The topological polar surface area (TPSA) is 24.1 Å². The second-order valence-electron chi connectivity index (χ2n) is 1.18. The van der Waals surface area contributed by atoms with Gasteiger partial charge in [-0.2, -0.15) is 0 Å². The molecule has 1 saturated heterocycles. The second-order valence-corrected chi connectivity index (χ2v) is 2.65. The summed E-state index contributed by atoms with van der Waals surface area (Å²) < 4.78 is 1.29. The Bertz CT molecular complexity index is 63.2. The van der Waals surface area contributed by atoms with E-state index in [0.717, 1.165) is 13.1 Å². The predicted molar refractivity (Wildman–Crippen MR) is 21.0 cm³/mol. The summed E-state index contributed by atoms with van der Waals surface area (Å²) in [4.78, 5) is 0. The van der Waals surface area contributed by atoms with Gasteiger partial charge in [-0.1, -0.05) is 0 Å². The molecule has 6 heavy (non-hydrogen) atoms. The molecule has 0 amide bonds. The van der Waals surface area contributed by atoms with Crippen molar-refractivity contribution in [2.45, 2.75) is 0 Å². The van der Waals surface area contributed by atoms with Gasteiger partial charge in [-0.25, -0.2) is 0 Å². The molecule has 0 aromatic heterocycles. The van der Waals surface area contributed by atoms with Gasteiger partial charge in [-0.05, 0) is 0 Å². The Hall–Kier alpha value is 0.478. The molecule has 0 radical (unpaired) electrons. The van der Waals surface area contributed by atoms with Gasteiger partial charge in [-0.3, -0.25) is 0 Å². The van der Waals surface area contributed by atoms with E-state index in [2.05, 4.69) is 10.6 Å². The van der Waals surface area contributed by atoms with Gasteiger partial charge in [-0.15, -0.1) is 0 Å². The third kappa shape index (κ3) is 0.969. The molecule has 1 heterocycles. The maximum atomic E-state index is 3.16. The standard InChI is InChI=1S/C3H6N2.W/c1-2-5-3-4-1;/h4-5H,1-2H2;. The zero-order chi connectivity index (χ0) is 4.41. The average molecular weight is 254 g/mol. The molecule has 34 valence electrons. The zero-order valence-electron chi connectivity index (χ0n) is 3.32. The van der Waals surface area contributed by atoms with Crippen molar-refractivity contribution in [2.24, 2.45) is 0 Å². The Labute approximate surface area is 47.7 Å². The first-order chi connectivity index (χ1) is 2.89. The number of hydrogen-bond acceptors (Lipinski definition) is 2. The average Bonchev–Trinajstić information content (AvgIpc) is 1.86. The van der Waals surface area contributed by atoms with Crippen molar-refractivity contribution in [3.8, 4) is 0 Å². The van der Waals surface area contributed by atoms with E-state index < -0.39 is 0 Å². The number of rotatable bonds is 0. The molecule has 1 aliphatic rings. The molecule has 2 N–H and O–H groups in total. The molecular weight excluding hydrogens is 248 g/mol. The minimum atomic E-state index is 1.11. The van der Waals surface area contributed by atoms with Crippen molar-refractivity contribution in [1.29, 1.82) is 0 Å². The van der Waals surface area contributed by atoms with E-state index in [0.29, 0.717) is 0 Å². The van der Waals surface area contributed by atoms with Crippen LogP contribution in [0.2, 0.25) is 0 Å². The Balaban J connectivity index is 2.37. The molecule has 0 aromatic carbocycles. The summed E-state index contributed by atoms with van der Waals surface area (Å²) in [5.41, 5.74) is 0. The van der Waals surface area contributed by atoms with Crippen LogP contribution >= 0.6 is 0 Å². The SMILES string of the molecule is [W]=[C]1NCCN1. The van der Waals surface area contributed by atoms with Crippen LogP contribution in [0, 0.1) is 0 Å². The van der Waals surface area contributed by atoms with Gasteiger partial charge in [0, 0.05) is 0 Å². The Kier molecular flexibility index (Phi) is 1.52. The summed E-state index contributed by atoms with van der Waals surface area (Å²) >= 11 is 1.50. The van der Waals surface area contributed by atoms with Crippen LogP contribution in [0.3, 0.4) is 0 Å². The first-order valence-electron chi connectivity index (χ1n) is 1.91. The quantitative estimate of drug-likeness (QED) is 0.568. The van der Waals surface area contributed by atoms with Crippen LogP contribution in [0.1, 0.15) is 0 Å². The predicted octanol–water partition coefficient (Wildman–Crippen LogP) is -1.19. The molecule has 1 rings (SSSR count). The number of nitrogens with one attached hydrogen (secondary N) is 2. The third-order valence-corrected chi connectivity index (χ3v) is 1.73. The molecule has 0 unspecified atom stereocenters. The van der Waals surface area contributed by atoms with Gasteiger partial charge in [0.05, 0.1) is 0 Å². The van der Waals surface area contributed by atoms with E-state index in [1.807, 2.05) is 0 Å². The Morgan fingerprint density at radius 2 is 1.83 bits per heavy atom. The summed E-state index contributed by atoms with van der Waals surface area (Å²) in [5, 5.41) is 6.32. The molecule has 0 spiro atoms. The molecule has 0 saturated carbocycles. The van der Waals surface area contributed by atoms with Crippen molar-refractivity contribution in [3.63, 3.8) is 0 Å². The number of hydrogen-bond donors (Lipinski definition) is 2. The molecular formula is C3H6N2W. The fraction of sp³-hybridized carbons (Fsp3) is 0.667. The van der Waals surface area contributed by atoms with Gasteiger partial charge in [0.1, 0.15) is 0 Å². The molecule has 0 bridgehead atoms. The van der Waals surface area contributed by atoms with Crippen molar-refractivity contribution < 1.29 is 19.4 Å². The van der Waals surface area contributed by atoms with E-state index in [1.165, 1.54) is 23.5 Å². The van der Waals surface area contributed by atoms with Crippen LogP contribution in [0.5, 0.6) is 0 Å². The fourth-order valence-corrected chi connectivity index (χ4v) is 1.15. The van der Waals surface area contributed by atoms with Gasteiger partial charge in [0.25, 0.3) is 0 Å². The molecule has 1 fully saturated rings. The monoisotopic (exact) mass is 254 g/mol. The zero-order valence-corrected chi connectivity index (χ0v) is 6.26. The van der Waals surface area contributed by atoms with Gasteiger partial charge >= 0.3 is 47.2 Å². The van der Waals surface area contributed by atoms with E-state index in [4.69, 9.17) is 0 Å².